The largest absolute Gasteiger partial charge is 0.456 e. The van der Waals surface area contributed by atoms with Crippen molar-refractivity contribution in [2.75, 3.05) is 4.90 Å². The standard InChI is InChI=1S/C52H33NO/c1-2-16-40-35(12-1)13-10-22-41(40)37-14-9-15-39(32-37)53(49-23-11-25-51-52(49)47-21-7-8-24-50(47)54-51)38-29-26-34(27-30-38)36-28-31-46-44-19-4-3-17-42(44)43-18-5-6-20-45(43)48(46)33-36/h1-33H. The molecule has 2 heteroatoms. The van der Waals surface area contributed by atoms with Crippen LogP contribution in [0.25, 0.3) is 87.3 Å². The molecule has 0 aliphatic heterocycles. The second-order valence-electron chi connectivity index (χ2n) is 14.1. The molecule has 0 unspecified atom stereocenters. The first-order chi connectivity index (χ1) is 26.8. The van der Waals surface area contributed by atoms with Crippen LogP contribution < -0.4 is 4.90 Å². The third-order valence-corrected chi connectivity index (χ3v) is 11.0. The van der Waals surface area contributed by atoms with Crippen LogP contribution in [0.4, 0.5) is 17.1 Å². The molecular weight excluding hydrogens is 655 g/mol. The molecule has 0 aliphatic carbocycles. The quantitative estimate of drug-likeness (QED) is 0.168. The lowest BCUT2D eigenvalue weighted by Crippen LogP contribution is -2.10. The van der Waals surface area contributed by atoms with Crippen LogP contribution >= 0.6 is 0 Å². The fraction of sp³-hybridized carbons (Fsp3) is 0. The summed E-state index contributed by atoms with van der Waals surface area (Å²) in [5, 5.41) is 12.4. The van der Waals surface area contributed by atoms with Gasteiger partial charge in [0.2, 0.25) is 0 Å². The Morgan fingerprint density at radius 1 is 0.315 bits per heavy atom. The van der Waals surface area contributed by atoms with E-state index in [4.69, 9.17) is 4.42 Å². The maximum Gasteiger partial charge on any atom is 0.137 e. The number of fused-ring (bicyclic) bond motifs is 10. The SMILES string of the molecule is c1cc(-c2cccc3ccccc23)cc(N(c2ccc(-c3ccc4c5ccccc5c5ccccc5c4c3)cc2)c2cccc3oc4ccccc4c23)c1. The summed E-state index contributed by atoms with van der Waals surface area (Å²) in [6.07, 6.45) is 0. The van der Waals surface area contributed by atoms with Gasteiger partial charge in [0.25, 0.3) is 0 Å². The van der Waals surface area contributed by atoms with Crippen molar-refractivity contribution >= 4 is 82.1 Å². The lowest BCUT2D eigenvalue weighted by Gasteiger charge is -2.27. The molecule has 11 rings (SSSR count). The first-order valence-electron chi connectivity index (χ1n) is 18.5. The van der Waals surface area contributed by atoms with Gasteiger partial charge >= 0.3 is 0 Å². The van der Waals surface area contributed by atoms with Gasteiger partial charge in [0.1, 0.15) is 11.2 Å². The lowest BCUT2D eigenvalue weighted by molar-refractivity contribution is 0.669. The predicted molar refractivity (Wildman–Crippen MR) is 229 cm³/mol. The van der Waals surface area contributed by atoms with E-state index in [0.29, 0.717) is 0 Å². The minimum atomic E-state index is 0.872. The fourth-order valence-corrected chi connectivity index (χ4v) is 8.55. The zero-order valence-corrected chi connectivity index (χ0v) is 29.4. The molecule has 0 aliphatic rings. The first kappa shape index (κ1) is 30.5. The Kier molecular flexibility index (Phi) is 6.90. The average molecular weight is 688 g/mol. The molecule has 0 amide bonds. The highest BCUT2D eigenvalue weighted by Crippen LogP contribution is 2.45. The van der Waals surface area contributed by atoms with E-state index in [0.717, 1.165) is 39.0 Å². The van der Waals surface area contributed by atoms with E-state index in [2.05, 4.69) is 199 Å². The van der Waals surface area contributed by atoms with Gasteiger partial charge in [-0.25, -0.2) is 0 Å². The third kappa shape index (κ3) is 4.81. The van der Waals surface area contributed by atoms with Crippen molar-refractivity contribution in [3.8, 4) is 22.3 Å². The molecule has 252 valence electrons. The number of furan rings is 1. The van der Waals surface area contributed by atoms with Crippen molar-refractivity contribution in [1.29, 1.82) is 0 Å². The van der Waals surface area contributed by atoms with E-state index < -0.39 is 0 Å². The highest BCUT2D eigenvalue weighted by Gasteiger charge is 2.20. The smallest absolute Gasteiger partial charge is 0.137 e. The van der Waals surface area contributed by atoms with Gasteiger partial charge in [-0.1, -0.05) is 152 Å². The van der Waals surface area contributed by atoms with E-state index in [1.165, 1.54) is 65.3 Å². The molecule has 54 heavy (non-hydrogen) atoms. The maximum atomic E-state index is 6.40. The molecule has 0 fully saturated rings. The van der Waals surface area contributed by atoms with Crippen molar-refractivity contribution in [3.63, 3.8) is 0 Å². The molecular formula is C52H33NO. The summed E-state index contributed by atoms with van der Waals surface area (Å²) in [4.78, 5) is 2.38. The Morgan fingerprint density at radius 2 is 0.889 bits per heavy atom. The highest BCUT2D eigenvalue weighted by molar-refractivity contribution is 6.25. The number of anilines is 3. The average Bonchev–Trinajstić information content (AvgIpc) is 3.63. The number of nitrogens with zero attached hydrogens (tertiary/aromatic N) is 1. The number of benzene rings is 10. The van der Waals surface area contributed by atoms with Crippen LogP contribution in [0.3, 0.4) is 0 Å². The summed E-state index contributed by atoms with van der Waals surface area (Å²) in [5.41, 5.74) is 9.74. The molecule has 0 N–H and O–H groups in total. The van der Waals surface area contributed by atoms with Gasteiger partial charge < -0.3 is 9.32 Å². The van der Waals surface area contributed by atoms with Crippen molar-refractivity contribution in [1.82, 2.24) is 0 Å². The van der Waals surface area contributed by atoms with Crippen molar-refractivity contribution in [2.45, 2.75) is 0 Å². The summed E-state index contributed by atoms with van der Waals surface area (Å²) in [6.45, 7) is 0. The van der Waals surface area contributed by atoms with Gasteiger partial charge in [0, 0.05) is 16.8 Å². The Balaban J connectivity index is 1.08. The minimum absolute atomic E-state index is 0.872. The molecule has 1 heterocycles. The topological polar surface area (TPSA) is 16.4 Å². The second kappa shape index (κ2) is 12.2. The molecule has 2 nitrogen and oxygen atoms in total. The summed E-state index contributed by atoms with van der Waals surface area (Å²) in [6, 6.07) is 72.3. The summed E-state index contributed by atoms with van der Waals surface area (Å²) >= 11 is 0. The van der Waals surface area contributed by atoms with Crippen LogP contribution in [0.15, 0.2) is 205 Å². The Bertz CT molecular complexity index is 3190. The summed E-state index contributed by atoms with van der Waals surface area (Å²) < 4.78 is 6.40. The Hall–Kier alpha value is -7.16. The van der Waals surface area contributed by atoms with Crippen LogP contribution in [0.1, 0.15) is 0 Å². The van der Waals surface area contributed by atoms with Gasteiger partial charge in [-0.2, -0.15) is 0 Å². The molecule has 1 aromatic heterocycles. The van der Waals surface area contributed by atoms with Crippen molar-refractivity contribution in [3.05, 3.63) is 200 Å². The van der Waals surface area contributed by atoms with Crippen LogP contribution in [0.2, 0.25) is 0 Å². The molecule has 0 radical (unpaired) electrons. The Morgan fingerprint density at radius 3 is 1.67 bits per heavy atom. The van der Waals surface area contributed by atoms with E-state index in [9.17, 15) is 0 Å². The van der Waals surface area contributed by atoms with Gasteiger partial charge in [0.05, 0.1) is 11.1 Å². The maximum absolute atomic E-state index is 6.40. The van der Waals surface area contributed by atoms with Gasteiger partial charge in [-0.3, -0.25) is 0 Å². The van der Waals surface area contributed by atoms with E-state index in [1.54, 1.807) is 0 Å². The second-order valence-corrected chi connectivity index (χ2v) is 14.1. The number of hydrogen-bond acceptors (Lipinski definition) is 2. The monoisotopic (exact) mass is 687 g/mol. The summed E-state index contributed by atoms with van der Waals surface area (Å²) in [7, 11) is 0. The summed E-state index contributed by atoms with van der Waals surface area (Å²) in [5.74, 6) is 0. The van der Waals surface area contributed by atoms with E-state index >= 15 is 0 Å². The molecule has 0 saturated carbocycles. The number of rotatable bonds is 5. The zero-order valence-electron chi connectivity index (χ0n) is 29.4. The fourth-order valence-electron chi connectivity index (χ4n) is 8.55. The molecule has 0 saturated heterocycles. The third-order valence-electron chi connectivity index (χ3n) is 11.0. The number of para-hydroxylation sites is 1. The zero-order chi connectivity index (χ0) is 35.6. The van der Waals surface area contributed by atoms with Crippen LogP contribution in [-0.2, 0) is 0 Å². The van der Waals surface area contributed by atoms with Crippen LogP contribution in [0.5, 0.6) is 0 Å². The van der Waals surface area contributed by atoms with Gasteiger partial charge in [-0.15, -0.1) is 0 Å². The molecule has 0 bridgehead atoms. The van der Waals surface area contributed by atoms with Crippen LogP contribution in [-0.4, -0.2) is 0 Å². The normalized spacial score (nSPS) is 11.7. The van der Waals surface area contributed by atoms with Gasteiger partial charge in [-0.05, 0) is 114 Å². The number of hydrogen-bond donors (Lipinski definition) is 0. The highest BCUT2D eigenvalue weighted by atomic mass is 16.3. The Labute approximate surface area is 312 Å². The van der Waals surface area contributed by atoms with E-state index in [-0.39, 0.29) is 0 Å². The van der Waals surface area contributed by atoms with Crippen molar-refractivity contribution < 1.29 is 4.42 Å². The molecule has 10 aromatic carbocycles. The molecule has 11 aromatic rings. The van der Waals surface area contributed by atoms with E-state index in [1.807, 2.05) is 6.07 Å². The molecule has 0 spiro atoms. The predicted octanol–water partition coefficient (Wildman–Crippen LogP) is 15.0. The first-order valence-corrected chi connectivity index (χ1v) is 18.5. The van der Waals surface area contributed by atoms with Crippen molar-refractivity contribution in [2.24, 2.45) is 0 Å². The van der Waals surface area contributed by atoms with Gasteiger partial charge in [0.15, 0.2) is 0 Å². The lowest BCUT2D eigenvalue weighted by atomic mass is 9.92. The van der Waals surface area contributed by atoms with Crippen LogP contribution in [0, 0.1) is 0 Å². The molecule has 0 atom stereocenters. The minimum Gasteiger partial charge on any atom is -0.456 e.